The zero-order valence-electron chi connectivity index (χ0n) is 12.3. The fourth-order valence-electron chi connectivity index (χ4n) is 2.48. The molecule has 1 heterocycles. The highest BCUT2D eigenvalue weighted by molar-refractivity contribution is 7.89. The second kappa shape index (κ2) is 5.68. The normalized spacial score (nSPS) is 17.1. The van der Waals surface area contributed by atoms with Crippen LogP contribution in [0.15, 0.2) is 28.7 Å². The predicted octanol–water partition coefficient (Wildman–Crippen LogP) is 2.10. The van der Waals surface area contributed by atoms with E-state index in [4.69, 9.17) is 5.73 Å². The van der Waals surface area contributed by atoms with Crippen LogP contribution < -0.4 is 5.73 Å². The number of aryl methyl sites for hydroxylation is 2. The van der Waals surface area contributed by atoms with Crippen LogP contribution >= 0.6 is 0 Å². The van der Waals surface area contributed by atoms with Gasteiger partial charge < -0.3 is 5.73 Å². The molecule has 0 aromatic heterocycles. The Kier molecular flexibility index (Phi) is 4.32. The summed E-state index contributed by atoms with van der Waals surface area (Å²) in [5, 5.41) is 0. The summed E-state index contributed by atoms with van der Waals surface area (Å²) in [6, 6.07) is 3.63. The maximum absolute atomic E-state index is 12.8. The first kappa shape index (κ1) is 15.2. The molecule has 2 N–H and O–H groups in total. The Labute approximate surface area is 121 Å². The third-order valence-electron chi connectivity index (χ3n) is 3.87. The SMILES string of the molecule is CC1=CCN(S(=O)(=O)c2cc(CN)c(C)cc2C)CC1. The Hall–Kier alpha value is -1.17. The molecule has 1 aliphatic rings. The third-order valence-corrected chi connectivity index (χ3v) is 5.88. The van der Waals surface area contributed by atoms with Crippen LogP contribution in [0.5, 0.6) is 0 Å². The monoisotopic (exact) mass is 294 g/mol. The van der Waals surface area contributed by atoms with Gasteiger partial charge in [0.05, 0.1) is 4.90 Å². The Morgan fingerprint density at radius 2 is 1.90 bits per heavy atom. The molecule has 0 saturated carbocycles. The van der Waals surface area contributed by atoms with Crippen LogP contribution in [-0.2, 0) is 16.6 Å². The number of hydrogen-bond donors (Lipinski definition) is 1. The Bertz CT molecular complexity index is 648. The predicted molar refractivity (Wildman–Crippen MR) is 80.9 cm³/mol. The van der Waals surface area contributed by atoms with E-state index in [1.807, 2.05) is 32.9 Å². The molecule has 20 heavy (non-hydrogen) atoms. The van der Waals surface area contributed by atoms with E-state index in [1.54, 1.807) is 6.07 Å². The van der Waals surface area contributed by atoms with Gasteiger partial charge in [0.15, 0.2) is 0 Å². The maximum Gasteiger partial charge on any atom is 0.243 e. The molecule has 5 heteroatoms. The number of nitrogens with zero attached hydrogens (tertiary/aromatic N) is 1. The molecule has 1 aromatic carbocycles. The summed E-state index contributed by atoms with van der Waals surface area (Å²) in [5.41, 5.74) is 9.65. The molecule has 0 spiro atoms. The van der Waals surface area contributed by atoms with Crippen LogP contribution in [0.25, 0.3) is 0 Å². The molecule has 0 bridgehead atoms. The number of nitrogens with two attached hydrogens (primary N) is 1. The summed E-state index contributed by atoms with van der Waals surface area (Å²) in [7, 11) is -3.43. The molecule has 0 amide bonds. The van der Waals surface area contributed by atoms with Gasteiger partial charge in [-0.1, -0.05) is 17.7 Å². The van der Waals surface area contributed by atoms with Crippen LogP contribution in [0.1, 0.15) is 30.0 Å². The van der Waals surface area contributed by atoms with Crippen molar-refractivity contribution in [2.45, 2.75) is 38.6 Å². The first-order chi connectivity index (χ1) is 9.36. The van der Waals surface area contributed by atoms with Crippen molar-refractivity contribution < 1.29 is 8.42 Å². The summed E-state index contributed by atoms with van der Waals surface area (Å²) in [6.45, 7) is 7.19. The van der Waals surface area contributed by atoms with Gasteiger partial charge in [-0.2, -0.15) is 4.31 Å². The van der Waals surface area contributed by atoms with Crippen molar-refractivity contribution in [3.63, 3.8) is 0 Å². The lowest BCUT2D eigenvalue weighted by Gasteiger charge is -2.26. The largest absolute Gasteiger partial charge is 0.326 e. The second-order valence-electron chi connectivity index (χ2n) is 5.41. The molecule has 4 nitrogen and oxygen atoms in total. The van der Waals surface area contributed by atoms with Gasteiger partial charge in [-0.05, 0) is 49.9 Å². The minimum Gasteiger partial charge on any atom is -0.326 e. The van der Waals surface area contributed by atoms with E-state index < -0.39 is 10.0 Å². The summed E-state index contributed by atoms with van der Waals surface area (Å²) >= 11 is 0. The van der Waals surface area contributed by atoms with E-state index >= 15 is 0 Å². The molecule has 1 aliphatic heterocycles. The fourth-order valence-corrected chi connectivity index (χ4v) is 4.12. The average molecular weight is 294 g/mol. The summed E-state index contributed by atoms with van der Waals surface area (Å²) in [5.74, 6) is 0. The van der Waals surface area contributed by atoms with Crippen LogP contribution in [0.2, 0.25) is 0 Å². The Morgan fingerprint density at radius 1 is 1.20 bits per heavy atom. The number of benzene rings is 1. The van der Waals surface area contributed by atoms with Crippen molar-refractivity contribution in [1.82, 2.24) is 4.31 Å². The zero-order chi connectivity index (χ0) is 14.9. The minimum atomic E-state index is -3.43. The molecule has 2 rings (SSSR count). The van der Waals surface area contributed by atoms with Crippen molar-refractivity contribution >= 4 is 10.0 Å². The molecular weight excluding hydrogens is 272 g/mol. The molecule has 0 radical (unpaired) electrons. The topological polar surface area (TPSA) is 63.4 Å². The lowest BCUT2D eigenvalue weighted by Crippen LogP contribution is -2.35. The van der Waals surface area contributed by atoms with Crippen LogP contribution in [0.3, 0.4) is 0 Å². The number of hydrogen-bond acceptors (Lipinski definition) is 3. The van der Waals surface area contributed by atoms with Crippen molar-refractivity contribution in [2.24, 2.45) is 5.73 Å². The summed E-state index contributed by atoms with van der Waals surface area (Å²) in [4.78, 5) is 0.386. The van der Waals surface area contributed by atoms with Crippen molar-refractivity contribution in [2.75, 3.05) is 13.1 Å². The average Bonchev–Trinajstić information content (AvgIpc) is 2.39. The number of rotatable bonds is 3. The lowest BCUT2D eigenvalue weighted by molar-refractivity contribution is 0.431. The molecule has 0 atom stereocenters. The Balaban J connectivity index is 2.44. The molecule has 110 valence electrons. The van der Waals surface area contributed by atoms with E-state index in [2.05, 4.69) is 0 Å². The molecule has 0 saturated heterocycles. The quantitative estimate of drug-likeness (QED) is 0.868. The van der Waals surface area contributed by atoms with Gasteiger partial charge in [0, 0.05) is 19.6 Å². The van der Waals surface area contributed by atoms with E-state index in [9.17, 15) is 8.42 Å². The van der Waals surface area contributed by atoms with Gasteiger partial charge >= 0.3 is 0 Å². The van der Waals surface area contributed by atoms with Gasteiger partial charge in [-0.15, -0.1) is 0 Å². The van der Waals surface area contributed by atoms with E-state index in [-0.39, 0.29) is 0 Å². The molecule has 0 unspecified atom stereocenters. The smallest absolute Gasteiger partial charge is 0.243 e. The summed E-state index contributed by atoms with van der Waals surface area (Å²) < 4.78 is 27.0. The van der Waals surface area contributed by atoms with Crippen molar-refractivity contribution in [3.8, 4) is 0 Å². The maximum atomic E-state index is 12.8. The zero-order valence-corrected chi connectivity index (χ0v) is 13.1. The van der Waals surface area contributed by atoms with Crippen molar-refractivity contribution in [3.05, 3.63) is 40.5 Å². The number of sulfonamides is 1. The van der Waals surface area contributed by atoms with Gasteiger partial charge in [-0.25, -0.2) is 8.42 Å². The van der Waals surface area contributed by atoms with Crippen molar-refractivity contribution in [1.29, 1.82) is 0 Å². The molecule has 0 fully saturated rings. The van der Waals surface area contributed by atoms with Crippen LogP contribution in [0, 0.1) is 13.8 Å². The van der Waals surface area contributed by atoms with Gasteiger partial charge in [0.1, 0.15) is 0 Å². The second-order valence-corrected chi connectivity index (χ2v) is 7.32. The minimum absolute atomic E-state index is 0.355. The fraction of sp³-hybridized carbons (Fsp3) is 0.467. The lowest BCUT2D eigenvalue weighted by atomic mass is 10.1. The van der Waals surface area contributed by atoms with E-state index in [0.29, 0.717) is 24.5 Å². The van der Waals surface area contributed by atoms with Gasteiger partial charge in [-0.3, -0.25) is 0 Å². The van der Waals surface area contributed by atoms with E-state index in [1.165, 1.54) is 9.88 Å². The first-order valence-corrected chi connectivity index (χ1v) is 8.26. The van der Waals surface area contributed by atoms with Gasteiger partial charge in [0.25, 0.3) is 0 Å². The molecule has 1 aromatic rings. The van der Waals surface area contributed by atoms with Crippen LogP contribution in [-0.4, -0.2) is 25.8 Å². The highest BCUT2D eigenvalue weighted by Crippen LogP contribution is 2.25. The van der Waals surface area contributed by atoms with Gasteiger partial charge in [0.2, 0.25) is 10.0 Å². The summed E-state index contributed by atoms with van der Waals surface area (Å²) in [6.07, 6.45) is 2.78. The standard InChI is InChI=1S/C15H22N2O2S/c1-11-4-6-17(7-5-11)20(18,19)15-9-14(10-16)12(2)8-13(15)3/h4,8-9H,5-7,10,16H2,1-3H3. The van der Waals surface area contributed by atoms with E-state index in [0.717, 1.165) is 23.1 Å². The Morgan fingerprint density at radius 3 is 2.45 bits per heavy atom. The first-order valence-electron chi connectivity index (χ1n) is 6.82. The molecular formula is C15H22N2O2S. The molecule has 0 aliphatic carbocycles. The highest BCUT2D eigenvalue weighted by atomic mass is 32.2. The van der Waals surface area contributed by atoms with Crippen LogP contribution in [0.4, 0.5) is 0 Å². The third kappa shape index (κ3) is 2.80. The highest BCUT2D eigenvalue weighted by Gasteiger charge is 2.27.